The third-order valence-electron chi connectivity index (χ3n) is 2.67. The van der Waals surface area contributed by atoms with E-state index in [2.05, 4.69) is 6.92 Å². The van der Waals surface area contributed by atoms with Crippen LogP contribution in [0.15, 0.2) is 36.4 Å². The monoisotopic (exact) mass is 274 g/mol. The van der Waals surface area contributed by atoms with Gasteiger partial charge in [-0.05, 0) is 42.8 Å². The zero-order chi connectivity index (χ0) is 13.7. The zero-order valence-corrected chi connectivity index (χ0v) is 11.4. The van der Waals surface area contributed by atoms with Gasteiger partial charge in [-0.25, -0.2) is 0 Å². The van der Waals surface area contributed by atoms with Gasteiger partial charge >= 0.3 is 0 Å². The third kappa shape index (κ3) is 3.51. The predicted molar refractivity (Wildman–Crippen MR) is 75.4 cm³/mol. The Hall–Kier alpha value is -1.94. The van der Waals surface area contributed by atoms with Crippen molar-refractivity contribution >= 4 is 23.4 Å². The second-order valence-electron chi connectivity index (χ2n) is 4.02. The minimum Gasteiger partial charge on any atom is -0.485 e. The molecule has 0 radical (unpaired) electrons. The molecule has 0 spiro atoms. The average Bonchev–Trinajstić information content (AvgIpc) is 2.94. The number of ether oxygens (including phenoxy) is 1. The van der Waals surface area contributed by atoms with Crippen LogP contribution in [0.5, 0.6) is 5.75 Å². The number of hydrogen-bond acceptors (Lipinski definition) is 4. The molecule has 0 aliphatic heterocycles. The third-order valence-corrected chi connectivity index (χ3v) is 3.94. The molecule has 1 aromatic heterocycles. The molecule has 4 heteroatoms. The van der Waals surface area contributed by atoms with Gasteiger partial charge in [0.25, 0.3) is 0 Å². The molecular weight excluding hydrogens is 260 g/mol. The van der Waals surface area contributed by atoms with E-state index >= 15 is 0 Å². The number of benzene rings is 1. The first-order valence-corrected chi connectivity index (χ1v) is 6.84. The van der Waals surface area contributed by atoms with E-state index in [-0.39, 0.29) is 12.4 Å². The summed E-state index contributed by atoms with van der Waals surface area (Å²) in [6, 6.07) is 10.5. The molecule has 1 heterocycles. The Kier molecular flexibility index (Phi) is 4.47. The van der Waals surface area contributed by atoms with E-state index in [1.165, 1.54) is 16.2 Å². The Bertz CT molecular complexity index is 569. The molecule has 0 unspecified atom stereocenters. The first-order chi connectivity index (χ1) is 9.22. The van der Waals surface area contributed by atoms with Gasteiger partial charge in [0.15, 0.2) is 6.61 Å². The minimum atomic E-state index is -0.0239. The van der Waals surface area contributed by atoms with Gasteiger partial charge in [0.05, 0.1) is 4.88 Å². The Morgan fingerprint density at radius 3 is 2.53 bits per heavy atom. The van der Waals surface area contributed by atoms with Crippen LogP contribution in [0.3, 0.4) is 0 Å². The van der Waals surface area contributed by atoms with Crippen LogP contribution in [0.1, 0.15) is 31.8 Å². The van der Waals surface area contributed by atoms with E-state index < -0.39 is 0 Å². The van der Waals surface area contributed by atoms with Gasteiger partial charge < -0.3 is 4.74 Å². The van der Waals surface area contributed by atoms with E-state index in [9.17, 15) is 9.59 Å². The van der Waals surface area contributed by atoms with Crippen LogP contribution in [-0.4, -0.2) is 18.7 Å². The second-order valence-corrected chi connectivity index (χ2v) is 5.19. The number of carbonyl (C=O) groups is 2. The van der Waals surface area contributed by atoms with Crippen molar-refractivity contribution in [3.63, 3.8) is 0 Å². The molecule has 2 rings (SSSR count). The molecular formula is C15H14O3S. The molecule has 2 aromatic rings. The number of ketones is 1. The van der Waals surface area contributed by atoms with Gasteiger partial charge in [0.2, 0.25) is 5.78 Å². The number of hydrogen-bond donors (Lipinski definition) is 0. The maximum atomic E-state index is 11.9. The first-order valence-electron chi connectivity index (χ1n) is 6.03. The first kappa shape index (κ1) is 13.5. The fraction of sp³-hybridized carbons (Fsp3) is 0.200. The Morgan fingerprint density at radius 1 is 1.21 bits per heavy atom. The van der Waals surface area contributed by atoms with Gasteiger partial charge in [0.1, 0.15) is 12.0 Å². The molecule has 0 aliphatic carbocycles. The minimum absolute atomic E-state index is 0.0180. The summed E-state index contributed by atoms with van der Waals surface area (Å²) in [5.74, 6) is 0.565. The highest BCUT2D eigenvalue weighted by atomic mass is 32.1. The standard InChI is InChI=1S/C15H14O3S/c1-2-13-7-8-15(19-13)14(17)10-18-12-5-3-11(9-16)4-6-12/h3-9H,2,10H2,1H3. The van der Waals surface area contributed by atoms with Crippen molar-refractivity contribution < 1.29 is 14.3 Å². The normalized spacial score (nSPS) is 10.2. The molecule has 0 N–H and O–H groups in total. The lowest BCUT2D eigenvalue weighted by Crippen LogP contribution is -2.10. The predicted octanol–water partition coefficient (Wildman–Crippen LogP) is 3.38. The summed E-state index contributed by atoms with van der Waals surface area (Å²) in [6.07, 6.45) is 1.71. The van der Waals surface area contributed by atoms with E-state index in [0.717, 1.165) is 17.6 Å². The number of aryl methyl sites for hydroxylation is 1. The van der Waals surface area contributed by atoms with Crippen molar-refractivity contribution in [2.75, 3.05) is 6.61 Å². The van der Waals surface area contributed by atoms with E-state index in [4.69, 9.17) is 4.74 Å². The summed E-state index contributed by atoms with van der Waals surface area (Å²) >= 11 is 1.51. The lowest BCUT2D eigenvalue weighted by molar-refractivity contribution is 0.0925. The topological polar surface area (TPSA) is 43.4 Å². The molecule has 0 fully saturated rings. The fourth-order valence-corrected chi connectivity index (χ4v) is 2.45. The van der Waals surface area contributed by atoms with Gasteiger partial charge in [-0.1, -0.05) is 6.92 Å². The molecule has 3 nitrogen and oxygen atoms in total. The summed E-state index contributed by atoms with van der Waals surface area (Å²) in [5, 5.41) is 0. The highest BCUT2D eigenvalue weighted by molar-refractivity contribution is 7.14. The number of thiophene rings is 1. The smallest absolute Gasteiger partial charge is 0.210 e. The van der Waals surface area contributed by atoms with Crippen LogP contribution < -0.4 is 4.74 Å². The van der Waals surface area contributed by atoms with E-state index in [1.54, 1.807) is 24.3 Å². The molecule has 0 saturated heterocycles. The Balaban J connectivity index is 1.93. The number of Topliss-reactive ketones (excluding diaryl/α,β-unsaturated/α-hetero) is 1. The Morgan fingerprint density at radius 2 is 1.95 bits per heavy atom. The quantitative estimate of drug-likeness (QED) is 0.599. The number of carbonyl (C=O) groups excluding carboxylic acids is 2. The molecule has 98 valence electrons. The zero-order valence-electron chi connectivity index (χ0n) is 10.6. The lowest BCUT2D eigenvalue weighted by Gasteiger charge is -2.04. The van der Waals surface area contributed by atoms with E-state index in [1.807, 2.05) is 12.1 Å². The van der Waals surface area contributed by atoms with Crippen molar-refractivity contribution in [1.82, 2.24) is 0 Å². The second kappa shape index (κ2) is 6.29. The van der Waals surface area contributed by atoms with Crippen molar-refractivity contribution in [3.05, 3.63) is 51.7 Å². The van der Waals surface area contributed by atoms with Crippen molar-refractivity contribution in [3.8, 4) is 5.75 Å². The SMILES string of the molecule is CCc1ccc(C(=O)COc2ccc(C=O)cc2)s1. The maximum Gasteiger partial charge on any atom is 0.210 e. The fourth-order valence-electron chi connectivity index (χ4n) is 1.58. The molecule has 1 aromatic carbocycles. The largest absolute Gasteiger partial charge is 0.485 e. The lowest BCUT2D eigenvalue weighted by atomic mass is 10.2. The highest BCUT2D eigenvalue weighted by Crippen LogP contribution is 2.18. The van der Waals surface area contributed by atoms with Gasteiger partial charge in [0, 0.05) is 10.4 Å². The van der Waals surface area contributed by atoms with Crippen LogP contribution in [0.2, 0.25) is 0 Å². The summed E-state index contributed by atoms with van der Waals surface area (Å²) in [4.78, 5) is 24.3. The summed E-state index contributed by atoms with van der Waals surface area (Å²) in [6.45, 7) is 2.08. The maximum absolute atomic E-state index is 11.9. The molecule has 0 saturated carbocycles. The van der Waals surface area contributed by atoms with Crippen LogP contribution >= 0.6 is 11.3 Å². The summed E-state index contributed by atoms with van der Waals surface area (Å²) in [5.41, 5.74) is 0.588. The number of aldehydes is 1. The van der Waals surface area contributed by atoms with Crippen molar-refractivity contribution in [2.45, 2.75) is 13.3 Å². The van der Waals surface area contributed by atoms with E-state index in [0.29, 0.717) is 11.3 Å². The van der Waals surface area contributed by atoms with Crippen LogP contribution in [0.25, 0.3) is 0 Å². The van der Waals surface area contributed by atoms with Crippen molar-refractivity contribution in [1.29, 1.82) is 0 Å². The highest BCUT2D eigenvalue weighted by Gasteiger charge is 2.09. The van der Waals surface area contributed by atoms with Crippen LogP contribution in [0.4, 0.5) is 0 Å². The Labute approximate surface area is 115 Å². The molecule has 0 bridgehead atoms. The number of rotatable bonds is 6. The van der Waals surface area contributed by atoms with Gasteiger partial charge in [-0.3, -0.25) is 9.59 Å². The molecule has 0 amide bonds. The van der Waals surface area contributed by atoms with Crippen molar-refractivity contribution in [2.24, 2.45) is 0 Å². The molecule has 19 heavy (non-hydrogen) atoms. The van der Waals surface area contributed by atoms with Crippen LogP contribution in [-0.2, 0) is 6.42 Å². The summed E-state index contributed by atoms with van der Waals surface area (Å²) < 4.78 is 5.41. The van der Waals surface area contributed by atoms with Crippen LogP contribution in [0, 0.1) is 0 Å². The molecule has 0 aliphatic rings. The molecule has 0 atom stereocenters. The van der Waals surface area contributed by atoms with Gasteiger partial charge in [-0.2, -0.15) is 0 Å². The average molecular weight is 274 g/mol. The summed E-state index contributed by atoms with van der Waals surface area (Å²) in [7, 11) is 0. The van der Waals surface area contributed by atoms with Gasteiger partial charge in [-0.15, -0.1) is 11.3 Å².